The van der Waals surface area contributed by atoms with Crippen LogP contribution in [0.25, 0.3) is 0 Å². The summed E-state index contributed by atoms with van der Waals surface area (Å²) in [5, 5.41) is 17.1. The Morgan fingerprint density at radius 3 is 2.36 bits per heavy atom. The zero-order valence-corrected chi connectivity index (χ0v) is 6.95. The monoisotopic (exact) mass is 161 g/mol. The lowest BCUT2D eigenvalue weighted by Gasteiger charge is -2.15. The fourth-order valence-electron chi connectivity index (χ4n) is 0.889. The van der Waals surface area contributed by atoms with E-state index in [0.717, 1.165) is 0 Å². The minimum absolute atomic E-state index is 0.0647. The lowest BCUT2D eigenvalue weighted by molar-refractivity contribution is -0.142. The Kier molecular flexibility index (Phi) is 4.81. The zero-order chi connectivity index (χ0) is 8.85. The minimum atomic E-state index is -0.840. The molecule has 0 amide bonds. The molecule has 0 aliphatic heterocycles. The molecule has 66 valence electrons. The van der Waals surface area contributed by atoms with Gasteiger partial charge in [-0.2, -0.15) is 0 Å². The van der Waals surface area contributed by atoms with Crippen molar-refractivity contribution >= 4 is 5.97 Å². The molecule has 0 aromatic carbocycles. The highest BCUT2D eigenvalue weighted by atomic mass is 16.4. The average molecular weight is 161 g/mol. The minimum Gasteiger partial charge on any atom is -0.481 e. The van der Waals surface area contributed by atoms with E-state index in [1.54, 1.807) is 4.90 Å². The third-order valence-corrected chi connectivity index (χ3v) is 1.41. The molecule has 0 aliphatic rings. The fraction of sp³-hybridized carbons (Fsp3) is 0.857. The number of nitrogens with zero attached hydrogens (tertiary/aromatic N) is 1. The van der Waals surface area contributed by atoms with Gasteiger partial charge in [0.1, 0.15) is 0 Å². The predicted molar refractivity (Wildman–Crippen MR) is 41.4 cm³/mol. The lowest BCUT2D eigenvalue weighted by atomic mass is 10.1. The summed E-state index contributed by atoms with van der Waals surface area (Å²) in [4.78, 5) is 12.3. The van der Waals surface area contributed by atoms with Crippen LogP contribution in [-0.4, -0.2) is 48.3 Å². The largest absolute Gasteiger partial charge is 0.481 e. The fourth-order valence-corrected chi connectivity index (χ4v) is 0.889. The molecule has 0 rings (SSSR count). The molecule has 0 bridgehead atoms. The Hall–Kier alpha value is -0.610. The number of aliphatic carboxylic acids is 1. The first kappa shape index (κ1) is 10.4. The second kappa shape index (κ2) is 5.09. The number of carboxylic acids is 1. The summed E-state index contributed by atoms with van der Waals surface area (Å²) in [7, 11) is 3.63. The summed E-state index contributed by atoms with van der Waals surface area (Å²) in [6.45, 7) is 0.417. The van der Waals surface area contributed by atoms with Crippen molar-refractivity contribution in [3.05, 3.63) is 0 Å². The topological polar surface area (TPSA) is 60.8 Å². The molecule has 0 spiro atoms. The smallest absolute Gasteiger partial charge is 0.307 e. The van der Waals surface area contributed by atoms with E-state index in [2.05, 4.69) is 0 Å². The molecule has 0 saturated heterocycles. The quantitative estimate of drug-likeness (QED) is 0.577. The van der Waals surface area contributed by atoms with Crippen LogP contribution >= 0.6 is 0 Å². The van der Waals surface area contributed by atoms with E-state index in [0.29, 0.717) is 13.0 Å². The van der Waals surface area contributed by atoms with Crippen LogP contribution in [0.2, 0.25) is 0 Å². The molecular weight excluding hydrogens is 146 g/mol. The highest BCUT2D eigenvalue weighted by Gasteiger charge is 2.16. The van der Waals surface area contributed by atoms with Gasteiger partial charge in [0.2, 0.25) is 0 Å². The standard InChI is InChI=1S/C7H15NO3/c1-8(2)5-6(3-4-9)7(10)11/h6,9H,3-5H2,1-2H3,(H,10,11). The number of aliphatic hydroxyl groups is 1. The van der Waals surface area contributed by atoms with Crippen molar-refractivity contribution in [2.75, 3.05) is 27.2 Å². The Morgan fingerprint density at radius 1 is 1.55 bits per heavy atom. The maximum atomic E-state index is 10.5. The number of hydrogen-bond acceptors (Lipinski definition) is 3. The molecule has 1 unspecified atom stereocenters. The molecule has 0 fully saturated rings. The van der Waals surface area contributed by atoms with Crippen molar-refractivity contribution in [3.63, 3.8) is 0 Å². The third kappa shape index (κ3) is 4.75. The van der Waals surface area contributed by atoms with Gasteiger partial charge in [0, 0.05) is 13.2 Å². The maximum Gasteiger partial charge on any atom is 0.307 e. The summed E-state index contributed by atoms with van der Waals surface area (Å²) < 4.78 is 0. The van der Waals surface area contributed by atoms with Crippen molar-refractivity contribution in [1.29, 1.82) is 0 Å². The molecule has 2 N–H and O–H groups in total. The van der Waals surface area contributed by atoms with E-state index in [9.17, 15) is 4.79 Å². The first-order chi connectivity index (χ1) is 5.07. The van der Waals surface area contributed by atoms with E-state index in [1.165, 1.54) is 0 Å². The molecule has 4 nitrogen and oxygen atoms in total. The van der Waals surface area contributed by atoms with Crippen LogP contribution in [0.3, 0.4) is 0 Å². The van der Waals surface area contributed by atoms with Crippen LogP contribution in [0, 0.1) is 5.92 Å². The number of aliphatic hydroxyl groups excluding tert-OH is 1. The Bertz CT molecular complexity index is 125. The molecule has 1 atom stereocenters. The highest BCUT2D eigenvalue weighted by Crippen LogP contribution is 2.03. The van der Waals surface area contributed by atoms with Crippen LogP contribution in [0.4, 0.5) is 0 Å². The van der Waals surface area contributed by atoms with Crippen LogP contribution < -0.4 is 0 Å². The third-order valence-electron chi connectivity index (χ3n) is 1.41. The number of hydrogen-bond donors (Lipinski definition) is 2. The van der Waals surface area contributed by atoms with Gasteiger partial charge in [-0.25, -0.2) is 0 Å². The van der Waals surface area contributed by atoms with Gasteiger partial charge in [-0.3, -0.25) is 4.79 Å². The summed E-state index contributed by atoms with van der Waals surface area (Å²) in [5.74, 6) is -1.29. The van der Waals surface area contributed by atoms with Gasteiger partial charge in [0.05, 0.1) is 5.92 Å². The molecule has 0 saturated carbocycles. The van der Waals surface area contributed by atoms with E-state index < -0.39 is 11.9 Å². The van der Waals surface area contributed by atoms with Gasteiger partial charge in [0.25, 0.3) is 0 Å². The van der Waals surface area contributed by atoms with Crippen LogP contribution in [0.1, 0.15) is 6.42 Å². The highest BCUT2D eigenvalue weighted by molar-refractivity contribution is 5.70. The van der Waals surface area contributed by atoms with Gasteiger partial charge in [0.15, 0.2) is 0 Å². The van der Waals surface area contributed by atoms with Gasteiger partial charge in [-0.1, -0.05) is 0 Å². The van der Waals surface area contributed by atoms with Crippen LogP contribution in [-0.2, 0) is 4.79 Å². The van der Waals surface area contributed by atoms with Gasteiger partial charge < -0.3 is 15.1 Å². The van der Waals surface area contributed by atoms with Gasteiger partial charge in [-0.05, 0) is 20.5 Å². The summed E-state index contributed by atoms with van der Waals surface area (Å²) in [5.41, 5.74) is 0. The Labute approximate surface area is 66.4 Å². The van der Waals surface area contributed by atoms with Crippen molar-refractivity contribution in [2.45, 2.75) is 6.42 Å². The van der Waals surface area contributed by atoms with Crippen molar-refractivity contribution in [2.24, 2.45) is 5.92 Å². The Balaban J connectivity index is 3.79. The molecule has 0 aliphatic carbocycles. The van der Waals surface area contributed by atoms with Gasteiger partial charge in [-0.15, -0.1) is 0 Å². The first-order valence-electron chi connectivity index (χ1n) is 3.56. The maximum absolute atomic E-state index is 10.5. The summed E-state index contributed by atoms with van der Waals surface area (Å²) in [6, 6.07) is 0. The Morgan fingerprint density at radius 2 is 2.09 bits per heavy atom. The normalized spacial score (nSPS) is 13.5. The van der Waals surface area contributed by atoms with Crippen LogP contribution in [0.15, 0.2) is 0 Å². The van der Waals surface area contributed by atoms with Crippen molar-refractivity contribution in [3.8, 4) is 0 Å². The molecular formula is C7H15NO3. The summed E-state index contributed by atoms with van der Waals surface area (Å²) >= 11 is 0. The average Bonchev–Trinajstić information content (AvgIpc) is 1.86. The first-order valence-corrected chi connectivity index (χ1v) is 3.56. The SMILES string of the molecule is CN(C)CC(CCO)C(=O)O. The molecule has 0 aromatic heterocycles. The molecule has 4 heteroatoms. The number of carbonyl (C=O) groups is 1. The zero-order valence-electron chi connectivity index (χ0n) is 6.95. The summed E-state index contributed by atoms with van der Waals surface area (Å²) in [6.07, 6.45) is 0.327. The van der Waals surface area contributed by atoms with Crippen LogP contribution in [0.5, 0.6) is 0 Å². The second-order valence-corrected chi connectivity index (χ2v) is 2.81. The molecule has 11 heavy (non-hydrogen) atoms. The van der Waals surface area contributed by atoms with Gasteiger partial charge >= 0.3 is 5.97 Å². The predicted octanol–water partition coefficient (Wildman–Crippen LogP) is -0.369. The second-order valence-electron chi connectivity index (χ2n) is 2.81. The number of rotatable bonds is 5. The lowest BCUT2D eigenvalue weighted by Crippen LogP contribution is -2.28. The molecule has 0 heterocycles. The van der Waals surface area contributed by atoms with E-state index in [-0.39, 0.29) is 6.61 Å². The number of carboxylic acid groups (broad SMARTS) is 1. The molecule has 0 radical (unpaired) electrons. The van der Waals surface area contributed by atoms with E-state index in [1.807, 2.05) is 14.1 Å². The van der Waals surface area contributed by atoms with E-state index in [4.69, 9.17) is 10.2 Å². The van der Waals surface area contributed by atoms with E-state index >= 15 is 0 Å². The van der Waals surface area contributed by atoms with Crippen molar-refractivity contribution in [1.82, 2.24) is 4.90 Å². The van der Waals surface area contributed by atoms with Crippen molar-refractivity contribution < 1.29 is 15.0 Å². The molecule has 0 aromatic rings.